The Bertz CT molecular complexity index is 1090. The molecule has 144 valence electrons. The highest BCUT2D eigenvalue weighted by atomic mass is 35.5. The van der Waals surface area contributed by atoms with Crippen molar-refractivity contribution in [3.05, 3.63) is 83.4 Å². The van der Waals surface area contributed by atoms with E-state index in [4.69, 9.17) is 21.1 Å². The van der Waals surface area contributed by atoms with Crippen molar-refractivity contribution in [2.24, 2.45) is 0 Å². The zero-order valence-corrected chi connectivity index (χ0v) is 16.4. The maximum absolute atomic E-state index is 12.5. The number of sulfonamides is 1. The average Bonchev–Trinajstić information content (AvgIpc) is 2.68. The van der Waals surface area contributed by atoms with Crippen molar-refractivity contribution in [1.29, 1.82) is 0 Å². The first-order chi connectivity index (χ1) is 13.5. The van der Waals surface area contributed by atoms with Gasteiger partial charge in [-0.25, -0.2) is 8.42 Å². The van der Waals surface area contributed by atoms with E-state index in [9.17, 15) is 8.42 Å². The van der Waals surface area contributed by atoms with Crippen molar-refractivity contribution < 1.29 is 17.9 Å². The van der Waals surface area contributed by atoms with Crippen LogP contribution in [0, 0.1) is 0 Å². The first kappa shape index (κ1) is 18.7. The lowest BCUT2D eigenvalue weighted by atomic mass is 10.1. The molecular weight excluding hydrogens is 398 g/mol. The number of rotatable bonds is 5. The van der Waals surface area contributed by atoms with Gasteiger partial charge in [0, 0.05) is 17.5 Å². The maximum atomic E-state index is 12.5. The summed E-state index contributed by atoms with van der Waals surface area (Å²) >= 11 is 6.03. The summed E-state index contributed by atoms with van der Waals surface area (Å²) < 4.78 is 39.3. The van der Waals surface area contributed by atoms with Gasteiger partial charge in [-0.05, 0) is 42.0 Å². The molecule has 0 bridgehead atoms. The molecule has 5 nitrogen and oxygen atoms in total. The number of halogens is 1. The lowest BCUT2D eigenvalue weighted by molar-refractivity contribution is 0.0914. The van der Waals surface area contributed by atoms with E-state index in [1.807, 2.05) is 24.3 Å². The number of ether oxygens (including phenoxy) is 2. The monoisotopic (exact) mass is 415 g/mol. The van der Waals surface area contributed by atoms with Gasteiger partial charge in [-0.15, -0.1) is 0 Å². The van der Waals surface area contributed by atoms with Gasteiger partial charge in [0.15, 0.2) is 11.5 Å². The van der Waals surface area contributed by atoms with Gasteiger partial charge in [0.25, 0.3) is 10.0 Å². The zero-order chi connectivity index (χ0) is 19.6. The molecule has 1 N–H and O–H groups in total. The molecule has 28 heavy (non-hydrogen) atoms. The Kier molecular flexibility index (Phi) is 5.15. The van der Waals surface area contributed by atoms with Crippen LogP contribution in [0.2, 0.25) is 5.02 Å². The number of nitrogens with one attached hydrogen (secondary N) is 1. The molecule has 3 aromatic rings. The van der Waals surface area contributed by atoms with Crippen LogP contribution in [0.3, 0.4) is 0 Å². The molecule has 0 aromatic heterocycles. The van der Waals surface area contributed by atoms with E-state index in [0.29, 0.717) is 35.2 Å². The Labute approximate surface area is 168 Å². The fourth-order valence-electron chi connectivity index (χ4n) is 3.02. The topological polar surface area (TPSA) is 64.6 Å². The Morgan fingerprint density at radius 1 is 0.964 bits per heavy atom. The lowest BCUT2D eigenvalue weighted by Gasteiger charge is -2.27. The number of hydrogen-bond donors (Lipinski definition) is 1. The summed E-state index contributed by atoms with van der Waals surface area (Å²) in [5.41, 5.74) is 1.48. The molecule has 0 amide bonds. The van der Waals surface area contributed by atoms with Crippen LogP contribution < -0.4 is 14.2 Å². The minimum Gasteiger partial charge on any atom is -0.486 e. The SMILES string of the molecule is O=S(=O)(Nc1ccc2c(c1)OCC(Cc1cccc(Cl)c1)O2)c1ccccc1. The van der Waals surface area contributed by atoms with Crippen molar-refractivity contribution >= 4 is 27.3 Å². The van der Waals surface area contributed by atoms with E-state index >= 15 is 0 Å². The fourth-order valence-corrected chi connectivity index (χ4v) is 4.30. The highest BCUT2D eigenvalue weighted by Gasteiger charge is 2.23. The predicted molar refractivity (Wildman–Crippen MR) is 109 cm³/mol. The summed E-state index contributed by atoms with van der Waals surface area (Å²) in [5, 5.41) is 0.685. The molecule has 7 heteroatoms. The van der Waals surface area contributed by atoms with Crippen LogP contribution in [0.1, 0.15) is 5.56 Å². The van der Waals surface area contributed by atoms with Crippen LogP contribution in [0.25, 0.3) is 0 Å². The average molecular weight is 416 g/mol. The smallest absolute Gasteiger partial charge is 0.261 e. The Hall–Kier alpha value is -2.70. The number of fused-ring (bicyclic) bond motifs is 1. The largest absolute Gasteiger partial charge is 0.486 e. The van der Waals surface area contributed by atoms with Crippen LogP contribution in [0.15, 0.2) is 77.7 Å². The summed E-state index contributed by atoms with van der Waals surface area (Å²) in [7, 11) is -3.65. The maximum Gasteiger partial charge on any atom is 0.261 e. The Morgan fingerprint density at radius 2 is 1.79 bits per heavy atom. The summed E-state index contributed by atoms with van der Waals surface area (Å²) in [5.74, 6) is 1.09. The third-order valence-corrected chi connectivity index (χ3v) is 5.95. The van der Waals surface area contributed by atoms with Crippen LogP contribution >= 0.6 is 11.6 Å². The van der Waals surface area contributed by atoms with Crippen LogP contribution in [-0.4, -0.2) is 21.1 Å². The molecule has 0 spiro atoms. The van der Waals surface area contributed by atoms with E-state index in [0.717, 1.165) is 5.56 Å². The van der Waals surface area contributed by atoms with E-state index in [2.05, 4.69) is 4.72 Å². The molecule has 0 saturated heterocycles. The highest BCUT2D eigenvalue weighted by molar-refractivity contribution is 7.92. The van der Waals surface area contributed by atoms with Crippen molar-refractivity contribution in [1.82, 2.24) is 0 Å². The molecular formula is C21H18ClNO4S. The van der Waals surface area contributed by atoms with Crippen molar-refractivity contribution in [3.8, 4) is 11.5 Å². The predicted octanol–water partition coefficient (Wildman–Crippen LogP) is 4.52. The standard InChI is InChI=1S/C21H18ClNO4S/c22-16-6-4-5-15(11-16)12-18-14-26-21-13-17(9-10-20(21)27-18)23-28(24,25)19-7-2-1-3-8-19/h1-11,13,18,23H,12,14H2. The summed E-state index contributed by atoms with van der Waals surface area (Å²) in [6.07, 6.45) is 0.528. The third-order valence-electron chi connectivity index (χ3n) is 4.32. The first-order valence-corrected chi connectivity index (χ1v) is 10.6. The van der Waals surface area contributed by atoms with Crippen molar-refractivity contribution in [3.63, 3.8) is 0 Å². The molecule has 0 aliphatic carbocycles. The molecule has 0 fully saturated rings. The van der Waals surface area contributed by atoms with Gasteiger partial charge in [0.1, 0.15) is 12.7 Å². The second kappa shape index (κ2) is 7.73. The van der Waals surface area contributed by atoms with E-state index in [1.54, 1.807) is 48.5 Å². The van der Waals surface area contributed by atoms with E-state index in [1.165, 1.54) is 0 Å². The highest BCUT2D eigenvalue weighted by Crippen LogP contribution is 2.35. The second-order valence-corrected chi connectivity index (χ2v) is 8.58. The second-order valence-electron chi connectivity index (χ2n) is 6.46. The molecule has 1 aliphatic rings. The molecule has 1 atom stereocenters. The van der Waals surface area contributed by atoms with Crippen LogP contribution in [0.5, 0.6) is 11.5 Å². The Morgan fingerprint density at radius 3 is 2.57 bits per heavy atom. The van der Waals surface area contributed by atoms with Gasteiger partial charge in [0.05, 0.1) is 10.6 Å². The van der Waals surface area contributed by atoms with Crippen LogP contribution in [-0.2, 0) is 16.4 Å². The van der Waals surface area contributed by atoms with Crippen molar-refractivity contribution in [2.45, 2.75) is 17.4 Å². The van der Waals surface area contributed by atoms with Gasteiger partial charge < -0.3 is 9.47 Å². The molecule has 4 rings (SSSR count). The zero-order valence-electron chi connectivity index (χ0n) is 14.8. The van der Waals surface area contributed by atoms with Gasteiger partial charge in [-0.1, -0.05) is 41.9 Å². The fraction of sp³-hybridized carbons (Fsp3) is 0.143. The van der Waals surface area contributed by atoms with Gasteiger partial charge >= 0.3 is 0 Å². The molecule has 1 aliphatic heterocycles. The Balaban J connectivity index is 1.47. The summed E-state index contributed by atoms with van der Waals surface area (Å²) in [6.45, 7) is 0.369. The molecule has 3 aromatic carbocycles. The minimum atomic E-state index is -3.65. The van der Waals surface area contributed by atoms with Gasteiger partial charge in [0.2, 0.25) is 0 Å². The molecule has 0 saturated carbocycles. The van der Waals surface area contributed by atoms with Gasteiger partial charge in [-0.2, -0.15) is 0 Å². The lowest BCUT2D eigenvalue weighted by Crippen LogP contribution is -2.31. The number of hydrogen-bond acceptors (Lipinski definition) is 4. The summed E-state index contributed by atoms with van der Waals surface area (Å²) in [4.78, 5) is 0.200. The first-order valence-electron chi connectivity index (χ1n) is 8.75. The van der Waals surface area contributed by atoms with E-state index in [-0.39, 0.29) is 11.0 Å². The third kappa shape index (κ3) is 4.24. The van der Waals surface area contributed by atoms with Gasteiger partial charge in [-0.3, -0.25) is 4.72 Å². The molecule has 0 radical (unpaired) electrons. The number of anilines is 1. The minimum absolute atomic E-state index is 0.141. The normalized spacial score (nSPS) is 15.8. The van der Waals surface area contributed by atoms with Crippen LogP contribution in [0.4, 0.5) is 5.69 Å². The van der Waals surface area contributed by atoms with E-state index < -0.39 is 10.0 Å². The van der Waals surface area contributed by atoms with Crippen molar-refractivity contribution in [2.75, 3.05) is 11.3 Å². The summed E-state index contributed by atoms with van der Waals surface area (Å²) in [6, 6.07) is 20.8. The number of benzene rings is 3. The molecule has 1 unspecified atom stereocenters. The molecule has 1 heterocycles. The quantitative estimate of drug-likeness (QED) is 0.665.